The van der Waals surface area contributed by atoms with E-state index in [2.05, 4.69) is 12.2 Å². The molecule has 6 nitrogen and oxygen atoms in total. The van der Waals surface area contributed by atoms with Crippen molar-refractivity contribution in [3.63, 3.8) is 0 Å². The average Bonchev–Trinajstić information content (AvgIpc) is 3.16. The SMILES string of the molecule is CCC(SC1=Nc2ccccc2C2=NC(C(C)CC)C(=O)N12)C(=O)Nc1ccc(Cl)cc1. The first kappa shape index (κ1) is 22.6. The molecular weight excluding hydrogens is 444 g/mol. The Bertz CT molecular complexity index is 1100. The van der Waals surface area contributed by atoms with Gasteiger partial charge in [0.15, 0.2) is 5.17 Å². The number of amides is 2. The highest BCUT2D eigenvalue weighted by molar-refractivity contribution is 8.15. The summed E-state index contributed by atoms with van der Waals surface area (Å²) in [5.41, 5.74) is 2.27. The Morgan fingerprint density at radius 2 is 1.88 bits per heavy atom. The van der Waals surface area contributed by atoms with Gasteiger partial charge in [-0.3, -0.25) is 14.6 Å². The van der Waals surface area contributed by atoms with Crippen molar-refractivity contribution in [3.05, 3.63) is 59.1 Å². The lowest BCUT2D eigenvalue weighted by molar-refractivity contribution is -0.125. The first-order chi connectivity index (χ1) is 15.4. The van der Waals surface area contributed by atoms with E-state index in [0.29, 0.717) is 28.1 Å². The van der Waals surface area contributed by atoms with Crippen molar-refractivity contribution >= 4 is 57.6 Å². The number of anilines is 1. The number of nitrogens with zero attached hydrogens (tertiary/aromatic N) is 3. The number of thioether (sulfide) groups is 1. The zero-order valence-electron chi connectivity index (χ0n) is 18.2. The number of hydrogen-bond donors (Lipinski definition) is 1. The minimum absolute atomic E-state index is 0.0805. The predicted molar refractivity (Wildman–Crippen MR) is 132 cm³/mol. The molecule has 3 unspecified atom stereocenters. The number of carbonyl (C=O) groups excluding carboxylic acids is 2. The predicted octanol–water partition coefficient (Wildman–Crippen LogP) is 5.50. The van der Waals surface area contributed by atoms with Crippen molar-refractivity contribution in [2.24, 2.45) is 15.9 Å². The standard InChI is InChI=1S/C24H25ClN4O2S/c1-4-14(3)20-23(31)29-21(28-20)17-8-6-7-9-18(17)27-24(29)32-19(5-2)22(30)26-16-12-10-15(25)11-13-16/h6-14,19-20H,4-5H2,1-3H3,(H,26,30). The fourth-order valence-electron chi connectivity index (χ4n) is 3.65. The number of aliphatic imine (C=N–C) groups is 2. The van der Waals surface area contributed by atoms with E-state index in [1.807, 2.05) is 38.1 Å². The van der Waals surface area contributed by atoms with Gasteiger partial charge in [0.1, 0.15) is 11.9 Å². The highest BCUT2D eigenvalue weighted by atomic mass is 35.5. The molecular formula is C24H25ClN4O2S. The third-order valence-electron chi connectivity index (χ3n) is 5.70. The maximum absolute atomic E-state index is 13.3. The third kappa shape index (κ3) is 4.32. The van der Waals surface area contributed by atoms with E-state index in [-0.39, 0.29) is 17.7 Å². The van der Waals surface area contributed by atoms with Gasteiger partial charge in [-0.1, -0.05) is 62.7 Å². The van der Waals surface area contributed by atoms with E-state index in [4.69, 9.17) is 21.6 Å². The molecule has 8 heteroatoms. The minimum atomic E-state index is -0.435. The fraction of sp³-hybridized carbons (Fsp3) is 0.333. The molecule has 0 saturated carbocycles. The van der Waals surface area contributed by atoms with Crippen LogP contribution >= 0.6 is 23.4 Å². The lowest BCUT2D eigenvalue weighted by Crippen LogP contribution is -2.43. The molecule has 32 heavy (non-hydrogen) atoms. The van der Waals surface area contributed by atoms with Crippen molar-refractivity contribution in [1.82, 2.24) is 4.90 Å². The Balaban J connectivity index is 1.62. The van der Waals surface area contributed by atoms with E-state index in [9.17, 15) is 9.59 Å². The van der Waals surface area contributed by atoms with Gasteiger partial charge in [-0.25, -0.2) is 9.89 Å². The molecule has 2 aliphatic rings. The molecule has 1 N–H and O–H groups in total. The van der Waals surface area contributed by atoms with Crippen molar-refractivity contribution in [2.45, 2.75) is 44.9 Å². The molecule has 0 saturated heterocycles. The second-order valence-electron chi connectivity index (χ2n) is 7.88. The number of amidine groups is 2. The van der Waals surface area contributed by atoms with Gasteiger partial charge in [0.25, 0.3) is 5.91 Å². The minimum Gasteiger partial charge on any atom is -0.325 e. The largest absolute Gasteiger partial charge is 0.325 e. The van der Waals surface area contributed by atoms with Crippen LogP contribution in [0, 0.1) is 5.92 Å². The number of benzene rings is 2. The first-order valence-electron chi connectivity index (χ1n) is 10.8. The summed E-state index contributed by atoms with van der Waals surface area (Å²) >= 11 is 7.23. The average molecular weight is 469 g/mol. The molecule has 2 heterocycles. The van der Waals surface area contributed by atoms with Gasteiger partial charge < -0.3 is 5.32 Å². The molecule has 0 spiro atoms. The van der Waals surface area contributed by atoms with Gasteiger partial charge in [-0.05, 0) is 48.7 Å². The van der Waals surface area contributed by atoms with Crippen LogP contribution in [0.15, 0.2) is 58.5 Å². The van der Waals surface area contributed by atoms with Crippen LogP contribution in [0.2, 0.25) is 5.02 Å². The van der Waals surface area contributed by atoms with Crippen LogP contribution in [0.5, 0.6) is 0 Å². The normalized spacial score (nSPS) is 18.9. The molecule has 2 amide bonds. The van der Waals surface area contributed by atoms with E-state index >= 15 is 0 Å². The van der Waals surface area contributed by atoms with Crippen LogP contribution in [0.25, 0.3) is 0 Å². The van der Waals surface area contributed by atoms with Crippen LogP contribution in [0.4, 0.5) is 11.4 Å². The molecule has 2 aliphatic heterocycles. The summed E-state index contributed by atoms with van der Waals surface area (Å²) in [5, 5.41) is 3.61. The monoisotopic (exact) mass is 468 g/mol. The maximum Gasteiger partial charge on any atom is 0.259 e. The second kappa shape index (κ2) is 9.46. The van der Waals surface area contributed by atoms with Crippen LogP contribution in [0.1, 0.15) is 39.2 Å². The van der Waals surface area contributed by atoms with Crippen molar-refractivity contribution in [3.8, 4) is 0 Å². The summed E-state index contributed by atoms with van der Waals surface area (Å²) in [4.78, 5) is 37.5. The van der Waals surface area contributed by atoms with E-state index < -0.39 is 11.3 Å². The van der Waals surface area contributed by atoms with E-state index in [1.54, 1.807) is 29.2 Å². The molecule has 2 aromatic carbocycles. The number of para-hydroxylation sites is 1. The quantitative estimate of drug-likeness (QED) is 0.608. The molecule has 0 fully saturated rings. The summed E-state index contributed by atoms with van der Waals surface area (Å²) in [6.45, 7) is 6.04. The van der Waals surface area contributed by atoms with Gasteiger partial charge in [0.2, 0.25) is 5.91 Å². The number of carbonyl (C=O) groups is 2. The molecule has 0 aromatic heterocycles. The molecule has 166 valence electrons. The van der Waals surface area contributed by atoms with E-state index in [1.165, 1.54) is 11.8 Å². The number of hydrogen-bond acceptors (Lipinski definition) is 5. The smallest absolute Gasteiger partial charge is 0.259 e. The van der Waals surface area contributed by atoms with E-state index in [0.717, 1.165) is 17.7 Å². The van der Waals surface area contributed by atoms with Crippen molar-refractivity contribution < 1.29 is 9.59 Å². The van der Waals surface area contributed by atoms with Crippen LogP contribution in [-0.4, -0.2) is 39.0 Å². The summed E-state index contributed by atoms with van der Waals surface area (Å²) in [7, 11) is 0. The summed E-state index contributed by atoms with van der Waals surface area (Å²) < 4.78 is 0. The van der Waals surface area contributed by atoms with Crippen molar-refractivity contribution in [1.29, 1.82) is 0 Å². The van der Waals surface area contributed by atoms with Gasteiger partial charge in [0, 0.05) is 16.3 Å². The second-order valence-corrected chi connectivity index (χ2v) is 9.49. The number of rotatable bonds is 6. The van der Waals surface area contributed by atoms with Gasteiger partial charge in [0.05, 0.1) is 10.9 Å². The zero-order valence-corrected chi connectivity index (χ0v) is 19.8. The Labute approximate surface area is 197 Å². The lowest BCUT2D eigenvalue weighted by Gasteiger charge is -2.27. The maximum atomic E-state index is 13.3. The van der Waals surface area contributed by atoms with Crippen molar-refractivity contribution in [2.75, 3.05) is 5.32 Å². The van der Waals surface area contributed by atoms with Crippen LogP contribution < -0.4 is 5.32 Å². The molecule has 0 bridgehead atoms. The topological polar surface area (TPSA) is 74.1 Å². The summed E-state index contributed by atoms with van der Waals surface area (Å²) in [6.07, 6.45) is 1.43. The van der Waals surface area contributed by atoms with Crippen LogP contribution in [-0.2, 0) is 9.59 Å². The number of fused-ring (bicyclic) bond motifs is 3. The third-order valence-corrected chi connectivity index (χ3v) is 7.27. The Morgan fingerprint density at radius 3 is 2.56 bits per heavy atom. The van der Waals surface area contributed by atoms with Gasteiger partial charge in [-0.15, -0.1) is 0 Å². The van der Waals surface area contributed by atoms with Gasteiger partial charge in [-0.2, -0.15) is 0 Å². The molecule has 0 radical (unpaired) electrons. The highest BCUT2D eigenvalue weighted by Gasteiger charge is 2.43. The summed E-state index contributed by atoms with van der Waals surface area (Å²) in [5.74, 6) is 0.517. The Morgan fingerprint density at radius 1 is 1.16 bits per heavy atom. The Hall–Kier alpha value is -2.64. The lowest BCUT2D eigenvalue weighted by atomic mass is 10.00. The first-order valence-corrected chi connectivity index (χ1v) is 12.0. The Kier molecular flexibility index (Phi) is 6.67. The zero-order chi connectivity index (χ0) is 22.8. The van der Waals surface area contributed by atoms with Gasteiger partial charge >= 0.3 is 0 Å². The number of halogens is 1. The molecule has 3 atom stereocenters. The highest BCUT2D eigenvalue weighted by Crippen LogP contribution is 2.36. The molecule has 2 aromatic rings. The fourth-order valence-corrected chi connectivity index (χ4v) is 4.79. The summed E-state index contributed by atoms with van der Waals surface area (Å²) in [6, 6.07) is 14.2. The number of nitrogens with one attached hydrogen (secondary N) is 1. The van der Waals surface area contributed by atoms with Crippen LogP contribution in [0.3, 0.4) is 0 Å². The molecule has 0 aliphatic carbocycles. The molecule has 4 rings (SSSR count).